The molecule has 160 valence electrons. The number of nitrogens with two attached hydrogens (primary N) is 1. The van der Waals surface area contributed by atoms with Gasteiger partial charge in [0.2, 0.25) is 0 Å². The minimum absolute atomic E-state index is 0. The predicted molar refractivity (Wildman–Crippen MR) is 123 cm³/mol. The van der Waals surface area contributed by atoms with Crippen molar-refractivity contribution in [2.24, 2.45) is 5.73 Å². The topological polar surface area (TPSA) is 65.7 Å². The summed E-state index contributed by atoms with van der Waals surface area (Å²) in [6.45, 7) is 5.70. The van der Waals surface area contributed by atoms with Crippen molar-refractivity contribution in [2.45, 2.75) is 13.0 Å². The molecule has 2 heterocycles. The molecule has 3 rings (SSSR count). The Balaban J connectivity index is 0.00000210. The maximum absolute atomic E-state index is 13.2. The second kappa shape index (κ2) is 12.6. The van der Waals surface area contributed by atoms with Crippen LogP contribution >= 0.6 is 24.8 Å². The standard InChI is InChI=1S/C21H29N5O.2ClH/c1-24-12-14-25(15-13-24)20-16-19(8-10-23-20)21(27)26(11-5-9-22)17-18-6-3-2-4-7-18;;/h2-4,6-8,10,16H,5,9,11-15,17,22H2,1H3;2*1H. The van der Waals surface area contributed by atoms with E-state index < -0.39 is 0 Å². The van der Waals surface area contributed by atoms with Gasteiger partial charge in [0, 0.05) is 51.0 Å². The van der Waals surface area contributed by atoms with Crippen molar-refractivity contribution in [3.05, 3.63) is 59.8 Å². The molecule has 1 aromatic heterocycles. The molecule has 2 N–H and O–H groups in total. The molecule has 0 spiro atoms. The van der Waals surface area contributed by atoms with Crippen molar-refractivity contribution in [3.8, 4) is 0 Å². The van der Waals surface area contributed by atoms with E-state index in [2.05, 4.69) is 21.8 Å². The third-order valence-electron chi connectivity index (χ3n) is 4.96. The highest BCUT2D eigenvalue weighted by molar-refractivity contribution is 5.94. The van der Waals surface area contributed by atoms with Gasteiger partial charge in [0.1, 0.15) is 5.82 Å². The maximum atomic E-state index is 13.2. The van der Waals surface area contributed by atoms with Gasteiger partial charge in [-0.05, 0) is 37.7 Å². The summed E-state index contributed by atoms with van der Waals surface area (Å²) in [6, 6.07) is 13.8. The zero-order chi connectivity index (χ0) is 19.1. The molecule has 1 aliphatic heterocycles. The number of hydrogen-bond donors (Lipinski definition) is 1. The number of rotatable bonds is 7. The number of amides is 1. The van der Waals surface area contributed by atoms with Gasteiger partial charge in [-0.15, -0.1) is 24.8 Å². The number of likely N-dealkylation sites (N-methyl/N-ethyl adjacent to an activating group) is 1. The molecule has 0 aliphatic carbocycles. The first kappa shape index (κ1) is 25.2. The van der Waals surface area contributed by atoms with Gasteiger partial charge in [-0.3, -0.25) is 4.79 Å². The van der Waals surface area contributed by atoms with E-state index in [1.807, 2.05) is 47.4 Å². The van der Waals surface area contributed by atoms with Gasteiger partial charge in [0.25, 0.3) is 5.91 Å². The summed E-state index contributed by atoms with van der Waals surface area (Å²) in [5.74, 6) is 0.914. The zero-order valence-corrected chi connectivity index (χ0v) is 18.5. The Kier molecular flexibility index (Phi) is 11.0. The molecular weight excluding hydrogens is 409 g/mol. The quantitative estimate of drug-likeness (QED) is 0.717. The van der Waals surface area contributed by atoms with E-state index in [1.54, 1.807) is 6.20 Å². The Hall–Kier alpha value is -1.86. The molecule has 0 atom stereocenters. The molecule has 1 fully saturated rings. The van der Waals surface area contributed by atoms with Gasteiger partial charge in [-0.1, -0.05) is 30.3 Å². The molecule has 1 aromatic carbocycles. The minimum Gasteiger partial charge on any atom is -0.354 e. The van der Waals surface area contributed by atoms with Crippen LogP contribution < -0.4 is 10.6 Å². The molecule has 1 amide bonds. The summed E-state index contributed by atoms with van der Waals surface area (Å²) in [6.07, 6.45) is 2.53. The lowest BCUT2D eigenvalue weighted by molar-refractivity contribution is 0.0742. The molecular formula is C21H31Cl2N5O. The van der Waals surface area contributed by atoms with Crippen molar-refractivity contribution < 1.29 is 4.79 Å². The Morgan fingerprint density at radius 3 is 2.45 bits per heavy atom. The second-order valence-electron chi connectivity index (χ2n) is 7.05. The highest BCUT2D eigenvalue weighted by Crippen LogP contribution is 2.17. The minimum atomic E-state index is 0. The number of pyridine rings is 1. The van der Waals surface area contributed by atoms with Crippen molar-refractivity contribution >= 4 is 36.5 Å². The Morgan fingerprint density at radius 2 is 1.79 bits per heavy atom. The monoisotopic (exact) mass is 439 g/mol. The lowest BCUT2D eigenvalue weighted by Gasteiger charge is -2.33. The van der Waals surface area contributed by atoms with Gasteiger partial charge in [0.15, 0.2) is 0 Å². The largest absolute Gasteiger partial charge is 0.354 e. The third kappa shape index (κ3) is 7.16. The third-order valence-corrected chi connectivity index (χ3v) is 4.96. The maximum Gasteiger partial charge on any atom is 0.254 e. The van der Waals surface area contributed by atoms with Crippen molar-refractivity contribution in [1.29, 1.82) is 0 Å². The first-order valence-corrected chi connectivity index (χ1v) is 9.60. The normalized spacial score (nSPS) is 13.9. The van der Waals surface area contributed by atoms with Crippen molar-refractivity contribution in [3.63, 3.8) is 0 Å². The molecule has 0 bridgehead atoms. The molecule has 1 saturated heterocycles. The van der Waals surface area contributed by atoms with Crippen molar-refractivity contribution in [1.82, 2.24) is 14.8 Å². The fourth-order valence-electron chi connectivity index (χ4n) is 3.28. The van der Waals surface area contributed by atoms with Crippen LogP contribution in [0.2, 0.25) is 0 Å². The fourth-order valence-corrected chi connectivity index (χ4v) is 3.28. The van der Waals surface area contributed by atoms with Gasteiger partial charge < -0.3 is 20.4 Å². The van der Waals surface area contributed by atoms with Crippen LogP contribution in [0.3, 0.4) is 0 Å². The number of hydrogen-bond acceptors (Lipinski definition) is 5. The van der Waals surface area contributed by atoms with Gasteiger partial charge in [0.05, 0.1) is 0 Å². The zero-order valence-electron chi connectivity index (χ0n) is 16.9. The predicted octanol–water partition coefficient (Wildman–Crippen LogP) is 2.67. The molecule has 0 unspecified atom stereocenters. The molecule has 0 saturated carbocycles. The Labute approximate surface area is 185 Å². The lowest BCUT2D eigenvalue weighted by atomic mass is 10.1. The summed E-state index contributed by atoms with van der Waals surface area (Å²) >= 11 is 0. The highest BCUT2D eigenvalue weighted by Gasteiger charge is 2.19. The summed E-state index contributed by atoms with van der Waals surface area (Å²) in [7, 11) is 2.13. The fraction of sp³-hybridized carbons (Fsp3) is 0.429. The van der Waals surface area contributed by atoms with Crippen LogP contribution in [0.5, 0.6) is 0 Å². The summed E-state index contributed by atoms with van der Waals surface area (Å²) < 4.78 is 0. The average Bonchev–Trinajstić information content (AvgIpc) is 2.72. The average molecular weight is 440 g/mol. The van der Waals surface area contributed by atoms with Crippen LogP contribution in [0.15, 0.2) is 48.7 Å². The van der Waals surface area contributed by atoms with Crippen LogP contribution in [0.25, 0.3) is 0 Å². The van der Waals surface area contributed by atoms with Crippen molar-refractivity contribution in [2.75, 3.05) is 51.2 Å². The van der Waals surface area contributed by atoms with E-state index in [9.17, 15) is 4.79 Å². The smallest absolute Gasteiger partial charge is 0.254 e. The van der Waals surface area contributed by atoms with E-state index in [0.717, 1.165) is 44.0 Å². The van der Waals surface area contributed by atoms with Crippen LogP contribution in [0.4, 0.5) is 5.82 Å². The van der Waals surface area contributed by atoms with Crippen LogP contribution in [0, 0.1) is 0 Å². The first-order chi connectivity index (χ1) is 13.2. The van der Waals surface area contributed by atoms with Crippen LogP contribution in [0.1, 0.15) is 22.3 Å². The van der Waals surface area contributed by atoms with E-state index in [1.165, 1.54) is 0 Å². The molecule has 8 heteroatoms. The summed E-state index contributed by atoms with van der Waals surface area (Å²) in [5.41, 5.74) is 7.49. The molecule has 2 aromatic rings. The lowest BCUT2D eigenvalue weighted by Crippen LogP contribution is -2.44. The molecule has 0 radical (unpaired) electrons. The number of carbonyl (C=O) groups is 1. The molecule has 1 aliphatic rings. The van der Waals surface area contributed by atoms with E-state index in [4.69, 9.17) is 5.73 Å². The number of benzene rings is 1. The number of aromatic nitrogens is 1. The summed E-state index contributed by atoms with van der Waals surface area (Å²) in [5, 5.41) is 0. The number of anilines is 1. The molecule has 6 nitrogen and oxygen atoms in total. The number of halogens is 2. The summed E-state index contributed by atoms with van der Waals surface area (Å²) in [4.78, 5) is 24.1. The number of carbonyl (C=O) groups excluding carboxylic acids is 1. The van der Waals surface area contributed by atoms with Gasteiger partial charge in [-0.25, -0.2) is 4.98 Å². The van der Waals surface area contributed by atoms with Crippen LogP contribution in [-0.4, -0.2) is 67.0 Å². The second-order valence-corrected chi connectivity index (χ2v) is 7.05. The van der Waals surface area contributed by atoms with E-state index >= 15 is 0 Å². The highest BCUT2D eigenvalue weighted by atomic mass is 35.5. The number of piperazine rings is 1. The first-order valence-electron chi connectivity index (χ1n) is 9.60. The van der Waals surface area contributed by atoms with E-state index in [-0.39, 0.29) is 30.7 Å². The van der Waals surface area contributed by atoms with E-state index in [0.29, 0.717) is 25.2 Å². The Morgan fingerprint density at radius 1 is 1.10 bits per heavy atom. The van der Waals surface area contributed by atoms with Gasteiger partial charge >= 0.3 is 0 Å². The SMILES string of the molecule is CN1CCN(c2cc(C(=O)N(CCCN)Cc3ccccc3)ccn2)CC1.Cl.Cl. The number of nitrogens with zero attached hydrogens (tertiary/aromatic N) is 4. The van der Waals surface area contributed by atoms with Gasteiger partial charge in [-0.2, -0.15) is 0 Å². The van der Waals surface area contributed by atoms with Crippen LogP contribution in [-0.2, 0) is 6.54 Å². The molecule has 29 heavy (non-hydrogen) atoms. The Bertz CT molecular complexity index is 739.